The Morgan fingerprint density at radius 1 is 1.21 bits per heavy atom. The lowest BCUT2D eigenvalue weighted by Gasteiger charge is -2.07. The molecule has 0 aliphatic heterocycles. The first-order chi connectivity index (χ1) is 13.5. The van der Waals surface area contributed by atoms with Gasteiger partial charge in [-0.2, -0.15) is 5.10 Å². The zero-order chi connectivity index (χ0) is 20.1. The molecular weight excluding hydrogens is 477 g/mol. The third-order valence-corrected chi connectivity index (χ3v) is 4.47. The van der Waals surface area contributed by atoms with Crippen LogP contribution in [0.5, 0.6) is 5.75 Å². The van der Waals surface area contributed by atoms with Gasteiger partial charge in [0.25, 0.3) is 5.91 Å². The SMILES string of the molecule is CCOC(=O)c1cnn(C)c1NC(=O)c1ccc(COc2ccc(I)cc2)o1. The molecule has 3 rings (SSSR count). The summed E-state index contributed by atoms with van der Waals surface area (Å²) in [4.78, 5) is 24.5. The highest BCUT2D eigenvalue weighted by atomic mass is 127. The second-order valence-corrected chi connectivity index (χ2v) is 6.96. The number of aryl methyl sites for hydroxylation is 1. The second-order valence-electron chi connectivity index (χ2n) is 5.71. The van der Waals surface area contributed by atoms with Gasteiger partial charge < -0.3 is 19.2 Å². The number of anilines is 1. The van der Waals surface area contributed by atoms with E-state index < -0.39 is 11.9 Å². The van der Waals surface area contributed by atoms with Gasteiger partial charge in [-0.3, -0.25) is 9.48 Å². The van der Waals surface area contributed by atoms with Crippen LogP contribution >= 0.6 is 22.6 Å². The first kappa shape index (κ1) is 19.9. The number of esters is 1. The number of nitrogens with one attached hydrogen (secondary N) is 1. The van der Waals surface area contributed by atoms with Gasteiger partial charge in [-0.15, -0.1) is 0 Å². The predicted molar refractivity (Wildman–Crippen MR) is 109 cm³/mol. The van der Waals surface area contributed by atoms with Gasteiger partial charge >= 0.3 is 5.97 Å². The van der Waals surface area contributed by atoms with Crippen molar-refractivity contribution in [1.29, 1.82) is 0 Å². The molecule has 2 heterocycles. The largest absolute Gasteiger partial charge is 0.486 e. The van der Waals surface area contributed by atoms with E-state index >= 15 is 0 Å². The van der Waals surface area contributed by atoms with Gasteiger partial charge in [-0.1, -0.05) is 0 Å². The Kier molecular flexibility index (Phi) is 6.34. The predicted octanol–water partition coefficient (Wildman–Crippen LogP) is 3.63. The average molecular weight is 495 g/mol. The van der Waals surface area contributed by atoms with E-state index in [0.29, 0.717) is 11.5 Å². The number of hydrogen-bond donors (Lipinski definition) is 1. The summed E-state index contributed by atoms with van der Waals surface area (Å²) in [7, 11) is 1.61. The van der Waals surface area contributed by atoms with Crippen LogP contribution in [0.4, 0.5) is 5.82 Å². The molecule has 28 heavy (non-hydrogen) atoms. The summed E-state index contributed by atoms with van der Waals surface area (Å²) in [6.45, 7) is 2.12. The summed E-state index contributed by atoms with van der Waals surface area (Å²) in [5.74, 6) is 0.469. The van der Waals surface area contributed by atoms with Crippen molar-refractivity contribution in [2.24, 2.45) is 7.05 Å². The number of nitrogens with zero attached hydrogens (tertiary/aromatic N) is 2. The van der Waals surface area contributed by atoms with Crippen LogP contribution in [0.25, 0.3) is 0 Å². The molecule has 0 aliphatic rings. The third kappa shape index (κ3) is 4.71. The summed E-state index contributed by atoms with van der Waals surface area (Å²) >= 11 is 2.21. The molecule has 0 fully saturated rings. The Hall–Kier alpha value is -2.82. The number of rotatable bonds is 7. The fourth-order valence-electron chi connectivity index (χ4n) is 2.38. The van der Waals surface area contributed by atoms with Crippen molar-refractivity contribution in [3.63, 3.8) is 0 Å². The first-order valence-corrected chi connectivity index (χ1v) is 9.53. The highest BCUT2D eigenvalue weighted by molar-refractivity contribution is 14.1. The number of halogens is 1. The van der Waals surface area contributed by atoms with Crippen LogP contribution in [0.15, 0.2) is 47.0 Å². The van der Waals surface area contributed by atoms with E-state index in [1.807, 2.05) is 24.3 Å². The van der Waals surface area contributed by atoms with E-state index in [-0.39, 0.29) is 30.4 Å². The van der Waals surface area contributed by atoms with Gasteiger partial charge in [0.15, 0.2) is 5.76 Å². The smallest absolute Gasteiger partial charge is 0.343 e. The van der Waals surface area contributed by atoms with Gasteiger partial charge in [0.05, 0.1) is 12.8 Å². The Labute approximate surface area is 174 Å². The van der Waals surface area contributed by atoms with E-state index in [1.54, 1.807) is 26.1 Å². The molecule has 146 valence electrons. The molecule has 9 heteroatoms. The summed E-state index contributed by atoms with van der Waals surface area (Å²) in [6, 6.07) is 10.8. The maximum Gasteiger partial charge on any atom is 0.343 e. The lowest BCUT2D eigenvalue weighted by Crippen LogP contribution is -2.17. The number of carbonyl (C=O) groups excluding carboxylic acids is 2. The molecule has 0 spiro atoms. The molecule has 1 N–H and O–H groups in total. The molecular formula is C19H18IN3O5. The standard InChI is InChI=1S/C19H18IN3O5/c1-3-26-19(25)15-10-21-23(2)17(15)22-18(24)16-9-8-14(28-16)11-27-13-6-4-12(20)5-7-13/h4-10H,3,11H2,1-2H3,(H,22,24). The Balaban J connectivity index is 1.65. The van der Waals surface area contributed by atoms with Gasteiger partial charge in [-0.25, -0.2) is 4.79 Å². The summed E-state index contributed by atoms with van der Waals surface area (Å²) in [5, 5.41) is 6.62. The Bertz CT molecular complexity index is 978. The zero-order valence-corrected chi connectivity index (χ0v) is 17.4. The molecule has 1 amide bonds. The van der Waals surface area contributed by atoms with Crippen molar-refractivity contribution in [2.75, 3.05) is 11.9 Å². The average Bonchev–Trinajstić information content (AvgIpc) is 3.29. The van der Waals surface area contributed by atoms with Crippen LogP contribution in [0, 0.1) is 3.57 Å². The van der Waals surface area contributed by atoms with Crippen LogP contribution in [-0.4, -0.2) is 28.3 Å². The number of furan rings is 1. The van der Waals surface area contributed by atoms with Crippen molar-refractivity contribution in [2.45, 2.75) is 13.5 Å². The number of benzene rings is 1. The highest BCUT2D eigenvalue weighted by Crippen LogP contribution is 2.19. The molecule has 0 unspecified atom stereocenters. The van der Waals surface area contributed by atoms with Gasteiger partial charge in [-0.05, 0) is 65.9 Å². The topological polar surface area (TPSA) is 95.6 Å². The second kappa shape index (κ2) is 8.91. The van der Waals surface area contributed by atoms with Crippen molar-refractivity contribution in [3.8, 4) is 5.75 Å². The van der Waals surface area contributed by atoms with Crippen LogP contribution in [0.1, 0.15) is 33.6 Å². The van der Waals surface area contributed by atoms with Gasteiger partial charge in [0.2, 0.25) is 0 Å². The number of carbonyl (C=O) groups is 2. The number of hydrogen-bond acceptors (Lipinski definition) is 6. The minimum atomic E-state index is -0.558. The van der Waals surface area contributed by atoms with Crippen molar-refractivity contribution in [3.05, 3.63) is 63.2 Å². The van der Waals surface area contributed by atoms with E-state index in [9.17, 15) is 9.59 Å². The molecule has 0 radical (unpaired) electrons. The fraction of sp³-hybridized carbons (Fsp3) is 0.211. The minimum absolute atomic E-state index is 0.0946. The maximum atomic E-state index is 12.5. The van der Waals surface area contributed by atoms with Crippen molar-refractivity contribution in [1.82, 2.24) is 9.78 Å². The van der Waals surface area contributed by atoms with Crippen LogP contribution < -0.4 is 10.1 Å². The maximum absolute atomic E-state index is 12.5. The van der Waals surface area contributed by atoms with Crippen LogP contribution in [0.2, 0.25) is 0 Å². The first-order valence-electron chi connectivity index (χ1n) is 8.45. The third-order valence-electron chi connectivity index (χ3n) is 3.75. The molecule has 2 aromatic heterocycles. The monoisotopic (exact) mass is 495 g/mol. The number of aromatic nitrogens is 2. The van der Waals surface area contributed by atoms with E-state index in [4.69, 9.17) is 13.9 Å². The molecule has 0 atom stereocenters. The molecule has 0 saturated carbocycles. The van der Waals surface area contributed by atoms with E-state index in [1.165, 1.54) is 10.9 Å². The van der Waals surface area contributed by atoms with Crippen LogP contribution in [-0.2, 0) is 18.4 Å². The Morgan fingerprint density at radius 2 is 1.96 bits per heavy atom. The minimum Gasteiger partial charge on any atom is -0.486 e. The quantitative estimate of drug-likeness (QED) is 0.398. The molecule has 0 aliphatic carbocycles. The summed E-state index contributed by atoms with van der Waals surface area (Å²) in [5.41, 5.74) is 0.173. The zero-order valence-electron chi connectivity index (χ0n) is 15.3. The van der Waals surface area contributed by atoms with E-state index in [0.717, 1.165) is 3.57 Å². The lowest BCUT2D eigenvalue weighted by atomic mass is 10.3. The lowest BCUT2D eigenvalue weighted by molar-refractivity contribution is 0.0527. The fourth-order valence-corrected chi connectivity index (χ4v) is 2.74. The normalized spacial score (nSPS) is 10.5. The van der Waals surface area contributed by atoms with Gasteiger partial charge in [0.1, 0.15) is 29.5 Å². The van der Waals surface area contributed by atoms with Crippen molar-refractivity contribution >= 4 is 40.3 Å². The number of amides is 1. The Morgan fingerprint density at radius 3 is 2.68 bits per heavy atom. The molecule has 0 bridgehead atoms. The highest BCUT2D eigenvalue weighted by Gasteiger charge is 2.21. The van der Waals surface area contributed by atoms with Gasteiger partial charge in [0, 0.05) is 10.6 Å². The summed E-state index contributed by atoms with van der Waals surface area (Å²) < 4.78 is 18.6. The molecule has 1 aromatic carbocycles. The number of ether oxygens (including phenoxy) is 2. The molecule has 0 saturated heterocycles. The van der Waals surface area contributed by atoms with Crippen molar-refractivity contribution < 1.29 is 23.5 Å². The molecule has 8 nitrogen and oxygen atoms in total. The van der Waals surface area contributed by atoms with E-state index in [2.05, 4.69) is 33.0 Å². The molecule has 3 aromatic rings. The summed E-state index contributed by atoms with van der Waals surface area (Å²) in [6.07, 6.45) is 1.34. The van der Waals surface area contributed by atoms with Crippen LogP contribution in [0.3, 0.4) is 0 Å².